The van der Waals surface area contributed by atoms with E-state index in [1.54, 1.807) is 6.07 Å². The number of amides is 1. The first-order valence-corrected chi connectivity index (χ1v) is 12.0. The molecular formula is C27H32N4O2. The number of unbranched alkanes of at least 4 members (excludes halogenated alkanes) is 1. The number of aromatic amines is 1. The molecule has 1 aliphatic rings. The maximum absolute atomic E-state index is 11.4. The molecule has 0 atom stereocenters. The first kappa shape index (κ1) is 21.6. The van der Waals surface area contributed by atoms with E-state index in [-0.39, 0.29) is 5.76 Å². The fraction of sp³-hybridized carbons (Fsp3) is 0.370. The van der Waals surface area contributed by atoms with E-state index in [2.05, 4.69) is 58.2 Å². The normalized spacial score (nSPS) is 15.0. The standard InChI is InChI=1S/C27H32N4O2/c1-2-19-6-8-24-23(15-19)20(18-29-24)5-3-4-10-30-11-13-31(14-12-30)22-7-9-25-21(16-22)17-26(33-25)27(28)32/h6-9,15-18,29H,2-5,10-14H2,1H3,(H2,28,32). The Bertz CT molecular complexity index is 1260. The molecule has 33 heavy (non-hydrogen) atoms. The van der Waals surface area contributed by atoms with Crippen LogP contribution in [0.5, 0.6) is 0 Å². The number of carbonyl (C=O) groups excluding carboxylic acids is 1. The highest BCUT2D eigenvalue weighted by Crippen LogP contribution is 2.26. The molecular weight excluding hydrogens is 412 g/mol. The highest BCUT2D eigenvalue weighted by Gasteiger charge is 2.18. The maximum atomic E-state index is 11.4. The van der Waals surface area contributed by atoms with Gasteiger partial charge in [0.05, 0.1) is 0 Å². The Morgan fingerprint density at radius 3 is 2.70 bits per heavy atom. The average Bonchev–Trinajstić information content (AvgIpc) is 3.45. The van der Waals surface area contributed by atoms with Gasteiger partial charge >= 0.3 is 0 Å². The van der Waals surface area contributed by atoms with E-state index in [9.17, 15) is 4.79 Å². The van der Waals surface area contributed by atoms with Crippen LogP contribution < -0.4 is 10.6 Å². The Morgan fingerprint density at radius 1 is 1.06 bits per heavy atom. The minimum Gasteiger partial charge on any atom is -0.451 e. The molecule has 2 aromatic heterocycles. The first-order chi connectivity index (χ1) is 16.1. The number of nitrogens with zero attached hydrogens (tertiary/aromatic N) is 2. The summed E-state index contributed by atoms with van der Waals surface area (Å²) in [4.78, 5) is 19.8. The number of benzene rings is 2. The maximum Gasteiger partial charge on any atom is 0.284 e. The second-order valence-electron chi connectivity index (χ2n) is 9.03. The molecule has 1 aliphatic heterocycles. The summed E-state index contributed by atoms with van der Waals surface area (Å²) in [5, 5.41) is 2.31. The number of hydrogen-bond donors (Lipinski definition) is 2. The van der Waals surface area contributed by atoms with Crippen molar-refractivity contribution in [2.24, 2.45) is 5.73 Å². The minimum absolute atomic E-state index is 0.213. The number of primary amides is 1. The van der Waals surface area contributed by atoms with Crippen LogP contribution in [0.3, 0.4) is 0 Å². The van der Waals surface area contributed by atoms with Crippen molar-refractivity contribution in [1.29, 1.82) is 0 Å². The van der Waals surface area contributed by atoms with E-state index in [0.29, 0.717) is 5.58 Å². The van der Waals surface area contributed by atoms with Crippen molar-refractivity contribution in [2.75, 3.05) is 37.6 Å². The van der Waals surface area contributed by atoms with Crippen LogP contribution in [0, 0.1) is 0 Å². The molecule has 1 fully saturated rings. The lowest BCUT2D eigenvalue weighted by atomic mass is 10.0. The summed E-state index contributed by atoms with van der Waals surface area (Å²) >= 11 is 0. The molecule has 3 heterocycles. The molecule has 6 nitrogen and oxygen atoms in total. The van der Waals surface area contributed by atoms with Crippen molar-refractivity contribution < 1.29 is 9.21 Å². The third-order valence-corrected chi connectivity index (χ3v) is 6.89. The second kappa shape index (κ2) is 9.32. The van der Waals surface area contributed by atoms with Gasteiger partial charge in [0.1, 0.15) is 5.58 Å². The third-order valence-electron chi connectivity index (χ3n) is 6.89. The van der Waals surface area contributed by atoms with Gasteiger partial charge < -0.3 is 20.0 Å². The van der Waals surface area contributed by atoms with Crippen LogP contribution in [0.25, 0.3) is 21.9 Å². The zero-order valence-corrected chi connectivity index (χ0v) is 19.3. The van der Waals surface area contributed by atoms with Crippen LogP contribution >= 0.6 is 0 Å². The number of hydrogen-bond acceptors (Lipinski definition) is 4. The van der Waals surface area contributed by atoms with Crippen LogP contribution in [0.4, 0.5) is 5.69 Å². The Labute approximate surface area is 194 Å². The van der Waals surface area contributed by atoms with Gasteiger partial charge in [0.2, 0.25) is 0 Å². The van der Waals surface area contributed by atoms with E-state index in [1.807, 2.05) is 6.07 Å². The number of fused-ring (bicyclic) bond motifs is 2. The number of carbonyl (C=O) groups is 1. The van der Waals surface area contributed by atoms with Crippen molar-refractivity contribution in [2.45, 2.75) is 32.6 Å². The van der Waals surface area contributed by atoms with Crippen molar-refractivity contribution >= 4 is 33.5 Å². The molecule has 0 saturated carbocycles. The Morgan fingerprint density at radius 2 is 1.91 bits per heavy atom. The Kier molecular flexibility index (Phi) is 6.09. The first-order valence-electron chi connectivity index (χ1n) is 12.0. The molecule has 4 aromatic rings. The zero-order chi connectivity index (χ0) is 22.8. The van der Waals surface area contributed by atoms with Gasteiger partial charge in [-0.05, 0) is 79.8 Å². The predicted molar refractivity (Wildman–Crippen MR) is 134 cm³/mol. The van der Waals surface area contributed by atoms with Crippen molar-refractivity contribution in [3.8, 4) is 0 Å². The fourth-order valence-corrected chi connectivity index (χ4v) is 4.88. The minimum atomic E-state index is -0.531. The molecule has 6 heteroatoms. The fourth-order valence-electron chi connectivity index (χ4n) is 4.88. The molecule has 5 rings (SSSR count). The predicted octanol–water partition coefficient (Wildman–Crippen LogP) is 4.72. The number of rotatable bonds is 8. The van der Waals surface area contributed by atoms with Gasteiger partial charge in [-0.25, -0.2) is 0 Å². The Hall–Kier alpha value is -3.25. The summed E-state index contributed by atoms with van der Waals surface area (Å²) < 4.78 is 5.50. The smallest absolute Gasteiger partial charge is 0.284 e. The van der Waals surface area contributed by atoms with Gasteiger partial charge in [-0.15, -0.1) is 0 Å². The summed E-state index contributed by atoms with van der Waals surface area (Å²) in [6.45, 7) is 7.52. The molecule has 1 saturated heterocycles. The summed E-state index contributed by atoms with van der Waals surface area (Å²) in [5.74, 6) is -0.317. The largest absolute Gasteiger partial charge is 0.451 e. The summed E-state index contributed by atoms with van der Waals surface area (Å²) in [6, 6.07) is 14.6. The Balaban J connectivity index is 1.10. The van der Waals surface area contributed by atoms with E-state index in [1.165, 1.54) is 40.6 Å². The SMILES string of the molecule is CCc1ccc2[nH]cc(CCCCN3CCN(c4ccc5oc(C(N)=O)cc5c4)CC3)c2c1. The number of aryl methyl sites for hydroxylation is 2. The van der Waals surface area contributed by atoms with Gasteiger partial charge in [-0.1, -0.05) is 13.0 Å². The van der Waals surface area contributed by atoms with Crippen LogP contribution in [0.1, 0.15) is 41.4 Å². The lowest BCUT2D eigenvalue weighted by Crippen LogP contribution is -2.46. The highest BCUT2D eigenvalue weighted by atomic mass is 16.3. The lowest BCUT2D eigenvalue weighted by Gasteiger charge is -2.36. The van der Waals surface area contributed by atoms with E-state index in [4.69, 9.17) is 10.2 Å². The van der Waals surface area contributed by atoms with E-state index < -0.39 is 5.91 Å². The van der Waals surface area contributed by atoms with E-state index >= 15 is 0 Å². The molecule has 0 radical (unpaired) electrons. The van der Waals surface area contributed by atoms with Gasteiger partial charge in [0.25, 0.3) is 5.91 Å². The van der Waals surface area contributed by atoms with Crippen molar-refractivity contribution in [3.05, 3.63) is 65.5 Å². The monoisotopic (exact) mass is 444 g/mol. The van der Waals surface area contributed by atoms with E-state index in [0.717, 1.165) is 51.0 Å². The molecule has 3 N–H and O–H groups in total. The average molecular weight is 445 g/mol. The van der Waals surface area contributed by atoms with Crippen molar-refractivity contribution in [3.63, 3.8) is 0 Å². The molecule has 0 aliphatic carbocycles. The zero-order valence-electron chi connectivity index (χ0n) is 19.3. The number of nitrogens with two attached hydrogens (primary N) is 1. The van der Waals surface area contributed by atoms with Gasteiger partial charge in [0.15, 0.2) is 5.76 Å². The van der Waals surface area contributed by atoms with Crippen molar-refractivity contribution in [1.82, 2.24) is 9.88 Å². The number of anilines is 1. The molecule has 172 valence electrons. The quantitative estimate of drug-likeness (QED) is 0.386. The third kappa shape index (κ3) is 4.62. The number of furan rings is 1. The number of piperazine rings is 1. The van der Waals surface area contributed by atoms with Crippen LogP contribution in [-0.4, -0.2) is 48.5 Å². The lowest BCUT2D eigenvalue weighted by molar-refractivity contribution is 0.0976. The summed E-state index contributed by atoms with van der Waals surface area (Å²) in [7, 11) is 0. The topological polar surface area (TPSA) is 78.5 Å². The molecule has 2 aromatic carbocycles. The van der Waals surface area contributed by atoms with Gasteiger partial charge in [-0.3, -0.25) is 9.69 Å². The number of H-pyrrole nitrogens is 1. The molecule has 0 spiro atoms. The number of aromatic nitrogens is 1. The molecule has 1 amide bonds. The van der Waals surface area contributed by atoms with Gasteiger partial charge in [-0.2, -0.15) is 0 Å². The number of nitrogens with one attached hydrogen (secondary N) is 1. The molecule has 0 bridgehead atoms. The van der Waals surface area contributed by atoms with Crippen LogP contribution in [0.2, 0.25) is 0 Å². The molecule has 0 unspecified atom stereocenters. The van der Waals surface area contributed by atoms with Gasteiger partial charge in [0, 0.05) is 54.4 Å². The summed E-state index contributed by atoms with van der Waals surface area (Å²) in [6.07, 6.45) is 6.83. The summed E-state index contributed by atoms with van der Waals surface area (Å²) in [5.41, 5.74) is 11.3. The van der Waals surface area contributed by atoms with Crippen LogP contribution in [0.15, 0.2) is 53.1 Å². The van der Waals surface area contributed by atoms with Crippen LogP contribution in [-0.2, 0) is 12.8 Å². The highest BCUT2D eigenvalue weighted by molar-refractivity contribution is 5.95. The second-order valence-corrected chi connectivity index (χ2v) is 9.03.